The smallest absolute Gasteiger partial charge is 0.377 e. The monoisotopic (exact) mass is 263 g/mol. The number of rotatable bonds is 3. The van der Waals surface area contributed by atoms with E-state index in [0.717, 1.165) is 11.0 Å². The molecule has 0 radical (unpaired) electrons. The highest BCUT2D eigenvalue weighted by Gasteiger charge is 2.20. The molecule has 0 atom stereocenters. The third-order valence-corrected chi connectivity index (χ3v) is 2.26. The van der Waals surface area contributed by atoms with E-state index in [1.54, 1.807) is 6.92 Å². The Morgan fingerprint density at radius 1 is 1.47 bits per heavy atom. The Kier molecular flexibility index (Phi) is 3.19. The van der Waals surface area contributed by atoms with Gasteiger partial charge in [0.05, 0.1) is 12.0 Å². The first-order valence-electron chi connectivity index (χ1n) is 5.14. The molecular formula is C10H9N5O4. The third kappa shape index (κ3) is 2.39. The van der Waals surface area contributed by atoms with Crippen LogP contribution in [0.15, 0.2) is 18.6 Å². The zero-order valence-electron chi connectivity index (χ0n) is 10.1. The molecule has 0 saturated carbocycles. The number of aryl methyl sites for hydroxylation is 1. The third-order valence-electron chi connectivity index (χ3n) is 2.26. The summed E-state index contributed by atoms with van der Waals surface area (Å²) in [6, 6.07) is 1.36. The fourth-order valence-corrected chi connectivity index (χ4v) is 1.41. The molecule has 19 heavy (non-hydrogen) atoms. The van der Waals surface area contributed by atoms with Gasteiger partial charge in [-0.2, -0.15) is 4.68 Å². The van der Waals surface area contributed by atoms with Gasteiger partial charge in [0.2, 0.25) is 5.82 Å². The second-order valence-electron chi connectivity index (χ2n) is 3.62. The van der Waals surface area contributed by atoms with Crippen molar-refractivity contribution in [2.75, 3.05) is 7.11 Å². The molecule has 0 aromatic carbocycles. The number of hydrogen-bond acceptors (Lipinski definition) is 7. The van der Waals surface area contributed by atoms with E-state index in [9.17, 15) is 14.9 Å². The minimum Gasteiger partial charge on any atom is -0.463 e. The Balaban J connectivity index is 2.50. The minimum atomic E-state index is -0.728. The summed E-state index contributed by atoms with van der Waals surface area (Å²) in [7, 11) is 1.19. The zero-order chi connectivity index (χ0) is 14.0. The second kappa shape index (κ2) is 4.80. The van der Waals surface area contributed by atoms with Crippen LogP contribution in [0.3, 0.4) is 0 Å². The SMILES string of the molecule is COC(=O)c1ncn(-c2ncc(C)cc2[N+](=O)[O-])n1. The first kappa shape index (κ1) is 12.6. The molecule has 0 bridgehead atoms. The normalized spacial score (nSPS) is 10.2. The van der Waals surface area contributed by atoms with Gasteiger partial charge in [-0.3, -0.25) is 10.1 Å². The van der Waals surface area contributed by atoms with E-state index >= 15 is 0 Å². The van der Waals surface area contributed by atoms with Crippen molar-refractivity contribution in [3.8, 4) is 5.82 Å². The molecular weight excluding hydrogens is 254 g/mol. The van der Waals surface area contributed by atoms with Crippen molar-refractivity contribution in [1.29, 1.82) is 0 Å². The summed E-state index contributed by atoms with van der Waals surface area (Å²) in [5.74, 6) is -0.939. The van der Waals surface area contributed by atoms with Crippen LogP contribution in [-0.2, 0) is 4.74 Å². The topological polar surface area (TPSA) is 113 Å². The maximum Gasteiger partial charge on any atom is 0.377 e. The Hall–Kier alpha value is -2.84. The molecule has 0 unspecified atom stereocenters. The molecule has 0 amide bonds. The van der Waals surface area contributed by atoms with Crippen molar-refractivity contribution in [2.45, 2.75) is 6.92 Å². The lowest BCUT2D eigenvalue weighted by molar-refractivity contribution is -0.385. The number of pyridine rings is 1. The summed E-state index contributed by atoms with van der Waals surface area (Å²) in [5.41, 5.74) is 0.421. The lowest BCUT2D eigenvalue weighted by atomic mass is 10.3. The van der Waals surface area contributed by atoms with Crippen molar-refractivity contribution >= 4 is 11.7 Å². The molecule has 0 spiro atoms. The molecule has 2 aromatic heterocycles. The van der Waals surface area contributed by atoms with E-state index in [-0.39, 0.29) is 17.3 Å². The number of nitro groups is 1. The van der Waals surface area contributed by atoms with Crippen LogP contribution in [0.2, 0.25) is 0 Å². The van der Waals surface area contributed by atoms with Crippen molar-refractivity contribution in [3.63, 3.8) is 0 Å². The molecule has 0 N–H and O–H groups in total. The highest BCUT2D eigenvalue weighted by Crippen LogP contribution is 2.20. The van der Waals surface area contributed by atoms with E-state index < -0.39 is 10.9 Å². The van der Waals surface area contributed by atoms with Gasteiger partial charge in [0.15, 0.2) is 0 Å². The number of carbonyl (C=O) groups is 1. The lowest BCUT2D eigenvalue weighted by Crippen LogP contribution is -2.07. The average molecular weight is 263 g/mol. The molecule has 2 heterocycles. The number of hydrogen-bond donors (Lipinski definition) is 0. The summed E-state index contributed by atoms with van der Waals surface area (Å²) >= 11 is 0. The maximum absolute atomic E-state index is 11.2. The molecule has 2 rings (SSSR count). The van der Waals surface area contributed by atoms with Gasteiger partial charge in [0.1, 0.15) is 6.33 Å². The van der Waals surface area contributed by atoms with Gasteiger partial charge in [-0.1, -0.05) is 0 Å². The number of methoxy groups -OCH3 is 1. The molecule has 0 fully saturated rings. The Morgan fingerprint density at radius 3 is 2.84 bits per heavy atom. The molecule has 0 aliphatic rings. The van der Waals surface area contributed by atoms with Gasteiger partial charge in [-0.25, -0.2) is 14.8 Å². The van der Waals surface area contributed by atoms with Crippen molar-refractivity contribution in [1.82, 2.24) is 19.7 Å². The molecule has 9 heteroatoms. The Bertz CT molecular complexity index is 651. The summed E-state index contributed by atoms with van der Waals surface area (Å²) in [5, 5.41) is 14.7. The van der Waals surface area contributed by atoms with Crippen LogP contribution in [0, 0.1) is 17.0 Å². The van der Waals surface area contributed by atoms with E-state index in [4.69, 9.17) is 0 Å². The fourth-order valence-electron chi connectivity index (χ4n) is 1.41. The molecule has 0 aliphatic carbocycles. The fraction of sp³-hybridized carbons (Fsp3) is 0.200. The van der Waals surface area contributed by atoms with Crippen LogP contribution in [0.1, 0.15) is 16.2 Å². The maximum atomic E-state index is 11.2. The quantitative estimate of drug-likeness (QED) is 0.454. The predicted molar refractivity (Wildman–Crippen MR) is 61.9 cm³/mol. The van der Waals surface area contributed by atoms with Gasteiger partial charge in [0, 0.05) is 12.3 Å². The van der Waals surface area contributed by atoms with Gasteiger partial charge in [-0.15, -0.1) is 5.10 Å². The lowest BCUT2D eigenvalue weighted by Gasteiger charge is -2.01. The van der Waals surface area contributed by atoms with Crippen molar-refractivity contribution < 1.29 is 14.5 Å². The van der Waals surface area contributed by atoms with Crippen LogP contribution < -0.4 is 0 Å². The largest absolute Gasteiger partial charge is 0.463 e. The summed E-state index contributed by atoms with van der Waals surface area (Å²) in [6.07, 6.45) is 2.62. The first-order chi connectivity index (χ1) is 9.02. The van der Waals surface area contributed by atoms with Crippen molar-refractivity contribution in [2.24, 2.45) is 0 Å². The minimum absolute atomic E-state index is 0.0155. The van der Waals surface area contributed by atoms with E-state index in [0.29, 0.717) is 5.56 Å². The Labute approximate surface area is 107 Å². The summed E-state index contributed by atoms with van der Waals surface area (Å²) in [6.45, 7) is 1.69. The molecule has 9 nitrogen and oxygen atoms in total. The second-order valence-corrected chi connectivity index (χ2v) is 3.62. The highest BCUT2D eigenvalue weighted by atomic mass is 16.6. The van der Waals surface area contributed by atoms with Crippen LogP contribution in [0.25, 0.3) is 5.82 Å². The van der Waals surface area contributed by atoms with Crippen LogP contribution in [0.4, 0.5) is 5.69 Å². The molecule has 98 valence electrons. The van der Waals surface area contributed by atoms with Crippen molar-refractivity contribution in [3.05, 3.63) is 40.1 Å². The number of ether oxygens (including phenoxy) is 1. The number of nitrogens with zero attached hydrogens (tertiary/aromatic N) is 5. The van der Waals surface area contributed by atoms with E-state index in [1.807, 2.05) is 0 Å². The number of esters is 1. The molecule has 0 aliphatic heterocycles. The van der Waals surface area contributed by atoms with Crippen LogP contribution in [-0.4, -0.2) is 37.8 Å². The molecule has 0 saturated heterocycles. The summed E-state index contributed by atoms with van der Waals surface area (Å²) < 4.78 is 5.51. The van der Waals surface area contributed by atoms with E-state index in [2.05, 4.69) is 19.8 Å². The molecule has 2 aromatic rings. The highest BCUT2D eigenvalue weighted by molar-refractivity contribution is 5.84. The van der Waals surface area contributed by atoms with Gasteiger partial charge in [-0.05, 0) is 12.5 Å². The standard InChI is InChI=1S/C10H9N5O4/c1-6-3-7(15(17)18)9(11-4-6)14-5-12-8(13-14)10(16)19-2/h3-5H,1-2H3. The first-order valence-corrected chi connectivity index (χ1v) is 5.14. The Morgan fingerprint density at radius 2 is 2.21 bits per heavy atom. The zero-order valence-corrected chi connectivity index (χ0v) is 10.1. The predicted octanol–water partition coefficient (Wildman–Crippen LogP) is 0.666. The van der Waals surface area contributed by atoms with Gasteiger partial charge >= 0.3 is 11.7 Å². The van der Waals surface area contributed by atoms with Gasteiger partial charge in [0.25, 0.3) is 5.82 Å². The van der Waals surface area contributed by atoms with Crippen LogP contribution in [0.5, 0.6) is 0 Å². The summed E-state index contributed by atoms with van der Waals surface area (Å²) in [4.78, 5) is 29.2. The van der Waals surface area contributed by atoms with Gasteiger partial charge < -0.3 is 4.74 Å². The number of carbonyl (C=O) groups excluding carboxylic acids is 1. The van der Waals surface area contributed by atoms with E-state index in [1.165, 1.54) is 19.4 Å². The number of aromatic nitrogens is 4. The average Bonchev–Trinajstić information content (AvgIpc) is 2.87. The van der Waals surface area contributed by atoms with Crippen LogP contribution >= 0.6 is 0 Å².